The van der Waals surface area contributed by atoms with E-state index in [1.807, 2.05) is 0 Å². The number of hydrogen-bond donors (Lipinski definition) is 1. The molecule has 0 aliphatic carbocycles. The summed E-state index contributed by atoms with van der Waals surface area (Å²) in [5.41, 5.74) is 1.35. The molecule has 124 valence electrons. The normalized spacial score (nSPS) is 21.1. The van der Waals surface area contributed by atoms with Crippen LogP contribution in [0.3, 0.4) is 0 Å². The van der Waals surface area contributed by atoms with Gasteiger partial charge in [-0.25, -0.2) is 8.42 Å². The first kappa shape index (κ1) is 17.8. The average molecular weight is 343 g/mol. The Morgan fingerprint density at radius 1 is 1.41 bits per heavy atom. The summed E-state index contributed by atoms with van der Waals surface area (Å²) in [5, 5.41) is 3.51. The first-order valence-electron chi connectivity index (χ1n) is 7.74. The molecule has 2 atom stereocenters. The summed E-state index contributed by atoms with van der Waals surface area (Å²) < 4.78 is 25.2. The van der Waals surface area contributed by atoms with Crippen molar-refractivity contribution in [2.24, 2.45) is 0 Å². The monoisotopic (exact) mass is 342 g/mol. The van der Waals surface area contributed by atoms with Crippen LogP contribution in [0.25, 0.3) is 0 Å². The van der Waals surface area contributed by atoms with Gasteiger partial charge in [-0.05, 0) is 44.1 Å². The lowest BCUT2D eigenvalue weighted by atomic mass is 10.1. The molecule has 0 bridgehead atoms. The van der Waals surface area contributed by atoms with Gasteiger partial charge in [0.15, 0.2) is 0 Å². The highest BCUT2D eigenvalue weighted by Crippen LogP contribution is 2.22. The zero-order valence-electron chi connectivity index (χ0n) is 13.6. The first-order chi connectivity index (χ1) is 10.4. The predicted octanol–water partition coefficient (Wildman–Crippen LogP) is 2.35. The fourth-order valence-electron chi connectivity index (χ4n) is 3.06. The molecule has 0 amide bonds. The van der Waals surface area contributed by atoms with Crippen molar-refractivity contribution in [1.29, 1.82) is 0 Å². The molecule has 4 nitrogen and oxygen atoms in total. The number of rotatable bonds is 7. The van der Waals surface area contributed by atoms with Crippen molar-refractivity contribution in [3.8, 4) is 0 Å². The van der Waals surface area contributed by atoms with E-state index in [2.05, 4.69) is 42.8 Å². The van der Waals surface area contributed by atoms with Crippen LogP contribution in [0.4, 0.5) is 0 Å². The minimum absolute atomic E-state index is 0.105. The van der Waals surface area contributed by atoms with Crippen LogP contribution in [0.2, 0.25) is 0 Å². The number of nitrogens with zero attached hydrogens (tertiary/aromatic N) is 1. The van der Waals surface area contributed by atoms with E-state index in [1.54, 1.807) is 16.1 Å². The summed E-state index contributed by atoms with van der Waals surface area (Å²) in [6.45, 7) is 3.56. The second-order valence-corrected chi connectivity index (χ2v) is 8.78. The molecule has 1 aliphatic rings. The number of hydrogen-bond acceptors (Lipinski definition) is 4. The van der Waals surface area contributed by atoms with Crippen molar-refractivity contribution in [1.82, 2.24) is 9.62 Å². The van der Waals surface area contributed by atoms with Crippen molar-refractivity contribution < 1.29 is 8.42 Å². The molecule has 2 rings (SSSR count). The largest absolute Gasteiger partial charge is 0.312 e. The van der Waals surface area contributed by atoms with Gasteiger partial charge in [-0.1, -0.05) is 18.2 Å². The van der Waals surface area contributed by atoms with Crippen LogP contribution >= 0.6 is 11.8 Å². The highest BCUT2D eigenvalue weighted by molar-refractivity contribution is 7.98. The molecule has 22 heavy (non-hydrogen) atoms. The summed E-state index contributed by atoms with van der Waals surface area (Å²) >= 11 is 1.77. The van der Waals surface area contributed by atoms with Gasteiger partial charge < -0.3 is 5.32 Å². The highest BCUT2D eigenvalue weighted by Gasteiger charge is 2.31. The van der Waals surface area contributed by atoms with Gasteiger partial charge in [-0.3, -0.25) is 0 Å². The van der Waals surface area contributed by atoms with Crippen molar-refractivity contribution in [2.45, 2.75) is 43.2 Å². The van der Waals surface area contributed by atoms with Crippen LogP contribution in [-0.2, 0) is 16.4 Å². The Kier molecular flexibility index (Phi) is 6.32. The first-order valence-corrected chi connectivity index (χ1v) is 10.8. The fraction of sp³-hybridized carbons (Fsp3) is 0.625. The molecule has 1 aliphatic heterocycles. The summed E-state index contributed by atoms with van der Waals surface area (Å²) in [6.07, 6.45) is 6.28. The zero-order chi connectivity index (χ0) is 16.2. The molecule has 0 saturated carbocycles. The third-order valence-electron chi connectivity index (χ3n) is 4.17. The maximum atomic E-state index is 11.8. The Morgan fingerprint density at radius 3 is 2.82 bits per heavy atom. The molecule has 0 radical (unpaired) electrons. The van der Waals surface area contributed by atoms with E-state index in [1.165, 1.54) is 16.7 Å². The summed E-state index contributed by atoms with van der Waals surface area (Å²) in [7, 11) is -3.08. The third-order valence-corrected chi connectivity index (χ3v) is 6.34. The minimum Gasteiger partial charge on any atom is -0.312 e. The van der Waals surface area contributed by atoms with Gasteiger partial charge in [0.1, 0.15) is 0 Å². The lowest BCUT2D eigenvalue weighted by Gasteiger charge is -2.24. The molecule has 1 N–H and O–H groups in total. The van der Waals surface area contributed by atoms with Crippen LogP contribution in [0, 0.1) is 0 Å². The van der Waals surface area contributed by atoms with Crippen LogP contribution < -0.4 is 5.32 Å². The molecular formula is C16H26N2O2S2. The quantitative estimate of drug-likeness (QED) is 0.773. The van der Waals surface area contributed by atoms with Gasteiger partial charge in [0.2, 0.25) is 10.0 Å². The van der Waals surface area contributed by atoms with E-state index in [9.17, 15) is 8.42 Å². The van der Waals surface area contributed by atoms with Gasteiger partial charge >= 0.3 is 0 Å². The van der Waals surface area contributed by atoms with E-state index in [0.29, 0.717) is 12.6 Å². The van der Waals surface area contributed by atoms with E-state index < -0.39 is 10.0 Å². The van der Waals surface area contributed by atoms with Crippen molar-refractivity contribution in [2.75, 3.05) is 25.6 Å². The van der Waals surface area contributed by atoms with Gasteiger partial charge in [0.05, 0.1) is 6.26 Å². The van der Waals surface area contributed by atoms with Gasteiger partial charge in [0.25, 0.3) is 0 Å². The van der Waals surface area contributed by atoms with E-state index in [-0.39, 0.29) is 6.04 Å². The summed E-state index contributed by atoms with van der Waals surface area (Å²) in [5.74, 6) is 0. The van der Waals surface area contributed by atoms with E-state index >= 15 is 0 Å². The molecule has 1 aromatic carbocycles. The van der Waals surface area contributed by atoms with Gasteiger partial charge in [0, 0.05) is 30.1 Å². The predicted molar refractivity (Wildman–Crippen MR) is 94.0 cm³/mol. The van der Waals surface area contributed by atoms with E-state index in [4.69, 9.17) is 0 Å². The summed E-state index contributed by atoms with van der Waals surface area (Å²) in [4.78, 5) is 1.31. The average Bonchev–Trinajstić information content (AvgIpc) is 2.94. The summed E-state index contributed by atoms with van der Waals surface area (Å²) in [6, 6.07) is 8.89. The van der Waals surface area contributed by atoms with Crippen molar-refractivity contribution >= 4 is 21.8 Å². The number of benzene rings is 1. The SMILES string of the molecule is CSc1ccccc1C[C@H](C)NC[C@H]1CCCN1S(C)(=O)=O. The Hall–Kier alpha value is -0.560. The van der Waals surface area contributed by atoms with Crippen molar-refractivity contribution in [3.63, 3.8) is 0 Å². The highest BCUT2D eigenvalue weighted by atomic mass is 32.2. The van der Waals surface area contributed by atoms with Crippen LogP contribution in [-0.4, -0.2) is 50.4 Å². The molecule has 0 spiro atoms. The molecule has 1 aromatic rings. The van der Waals surface area contributed by atoms with E-state index in [0.717, 1.165) is 25.8 Å². The topological polar surface area (TPSA) is 49.4 Å². The standard InChI is InChI=1S/C16H26N2O2S2/c1-13(11-14-7-4-5-9-16(14)21-2)17-12-15-8-6-10-18(15)22(3,19)20/h4-5,7,9,13,15,17H,6,8,10-12H2,1-3H3/t13-,15+/m0/s1. The molecule has 1 fully saturated rings. The molecule has 6 heteroatoms. The molecule has 1 heterocycles. The lowest BCUT2D eigenvalue weighted by Crippen LogP contribution is -2.43. The van der Waals surface area contributed by atoms with Crippen molar-refractivity contribution in [3.05, 3.63) is 29.8 Å². The Balaban J connectivity index is 1.89. The van der Waals surface area contributed by atoms with Crippen LogP contribution in [0.1, 0.15) is 25.3 Å². The second-order valence-electron chi connectivity index (χ2n) is 6.00. The maximum absolute atomic E-state index is 11.8. The van der Waals surface area contributed by atoms with Crippen LogP contribution in [0.5, 0.6) is 0 Å². The number of nitrogens with one attached hydrogen (secondary N) is 1. The Labute approximate surface area is 138 Å². The smallest absolute Gasteiger partial charge is 0.211 e. The maximum Gasteiger partial charge on any atom is 0.211 e. The minimum atomic E-state index is -3.08. The second kappa shape index (κ2) is 7.81. The lowest BCUT2D eigenvalue weighted by molar-refractivity contribution is 0.361. The molecule has 0 aromatic heterocycles. The molecule has 0 unspecified atom stereocenters. The van der Waals surface area contributed by atoms with Gasteiger partial charge in [-0.15, -0.1) is 11.8 Å². The van der Waals surface area contributed by atoms with Gasteiger partial charge in [-0.2, -0.15) is 4.31 Å². The zero-order valence-corrected chi connectivity index (χ0v) is 15.2. The number of sulfonamides is 1. The Bertz CT molecular complexity index is 590. The Morgan fingerprint density at radius 2 is 2.14 bits per heavy atom. The third kappa shape index (κ3) is 4.72. The van der Waals surface area contributed by atoms with Crippen LogP contribution in [0.15, 0.2) is 29.2 Å². The number of thioether (sulfide) groups is 1. The molecular weight excluding hydrogens is 316 g/mol. The fourth-order valence-corrected chi connectivity index (χ4v) is 4.87. The molecule has 1 saturated heterocycles.